The van der Waals surface area contributed by atoms with E-state index >= 15 is 0 Å². The van der Waals surface area contributed by atoms with E-state index in [-0.39, 0.29) is 0 Å². The fourth-order valence-electron chi connectivity index (χ4n) is 1.37. The molecule has 0 unspecified atom stereocenters. The zero-order chi connectivity index (χ0) is 15.2. The van der Waals surface area contributed by atoms with Crippen LogP contribution in [-0.4, -0.2) is 32.8 Å². The lowest BCUT2D eigenvalue weighted by Gasteiger charge is -2.08. The molecule has 7 heteroatoms. The lowest BCUT2D eigenvalue weighted by molar-refractivity contribution is -0.135. The van der Waals surface area contributed by atoms with E-state index in [0.29, 0.717) is 17.1 Å². The number of carbonyl (C=O) groups is 1. The fourth-order valence-corrected chi connectivity index (χ4v) is 1.37. The minimum atomic E-state index is -4.42. The third-order valence-corrected chi connectivity index (χ3v) is 2.30. The number of rotatable bonds is 5. The molecule has 0 saturated heterocycles. The summed E-state index contributed by atoms with van der Waals surface area (Å²) >= 11 is 0. The van der Waals surface area contributed by atoms with Crippen LogP contribution >= 0.6 is 0 Å². The molecule has 0 fully saturated rings. The van der Waals surface area contributed by atoms with E-state index in [0.717, 1.165) is 6.08 Å². The summed E-state index contributed by atoms with van der Waals surface area (Å²) in [4.78, 5) is 11.2. The molecule has 0 aliphatic heterocycles. The Labute approximate surface area is 114 Å². The van der Waals surface area contributed by atoms with E-state index in [9.17, 15) is 18.0 Å². The van der Waals surface area contributed by atoms with Crippen LogP contribution < -0.4 is 14.8 Å². The summed E-state index contributed by atoms with van der Waals surface area (Å²) in [6.07, 6.45) is -2.02. The molecular weight excluding hydrogens is 275 g/mol. The third-order valence-electron chi connectivity index (χ3n) is 2.30. The van der Waals surface area contributed by atoms with Gasteiger partial charge in [0.15, 0.2) is 11.5 Å². The van der Waals surface area contributed by atoms with Gasteiger partial charge in [0.05, 0.1) is 14.2 Å². The second kappa shape index (κ2) is 6.83. The van der Waals surface area contributed by atoms with Gasteiger partial charge in [-0.1, -0.05) is 6.07 Å². The number of methoxy groups -OCH3 is 2. The van der Waals surface area contributed by atoms with Crippen LogP contribution in [0.1, 0.15) is 5.56 Å². The molecule has 0 heterocycles. The highest BCUT2D eigenvalue weighted by molar-refractivity contribution is 5.91. The SMILES string of the molecule is COc1ccc(/C=C/C(=O)NCC(F)(F)F)cc1OC. The van der Waals surface area contributed by atoms with Crippen molar-refractivity contribution in [1.82, 2.24) is 5.32 Å². The maximum atomic E-state index is 11.9. The highest BCUT2D eigenvalue weighted by atomic mass is 19.4. The summed E-state index contributed by atoms with van der Waals surface area (Å²) in [5, 5.41) is 1.74. The number of halogens is 3. The Morgan fingerprint density at radius 2 is 1.90 bits per heavy atom. The summed E-state index contributed by atoms with van der Waals surface area (Å²) in [7, 11) is 2.94. The number of hydrogen-bond donors (Lipinski definition) is 1. The van der Waals surface area contributed by atoms with E-state index in [2.05, 4.69) is 0 Å². The zero-order valence-corrected chi connectivity index (χ0v) is 11.0. The van der Waals surface area contributed by atoms with Gasteiger partial charge in [0.2, 0.25) is 5.91 Å². The normalized spacial score (nSPS) is 11.4. The molecule has 0 spiro atoms. The number of amides is 1. The largest absolute Gasteiger partial charge is 0.493 e. The predicted octanol–water partition coefficient (Wildman–Crippen LogP) is 2.40. The quantitative estimate of drug-likeness (QED) is 0.847. The van der Waals surface area contributed by atoms with Crippen LogP contribution in [0, 0.1) is 0 Å². The Balaban J connectivity index is 2.68. The van der Waals surface area contributed by atoms with Gasteiger partial charge in [-0.05, 0) is 23.8 Å². The molecule has 0 saturated carbocycles. The van der Waals surface area contributed by atoms with Gasteiger partial charge in [-0.15, -0.1) is 0 Å². The molecule has 110 valence electrons. The summed E-state index contributed by atoms with van der Waals surface area (Å²) in [5.74, 6) is 0.161. The van der Waals surface area contributed by atoms with E-state index in [1.165, 1.54) is 20.3 Å². The molecule has 0 aromatic heterocycles. The van der Waals surface area contributed by atoms with Crippen molar-refractivity contribution in [1.29, 1.82) is 0 Å². The van der Waals surface area contributed by atoms with Crippen LogP contribution in [0.3, 0.4) is 0 Å². The summed E-state index contributed by atoms with van der Waals surface area (Å²) < 4.78 is 45.8. The first-order chi connectivity index (χ1) is 9.35. The third kappa shape index (κ3) is 5.21. The second-order valence-corrected chi connectivity index (χ2v) is 3.78. The van der Waals surface area contributed by atoms with E-state index in [1.807, 2.05) is 0 Å². The van der Waals surface area contributed by atoms with Crippen molar-refractivity contribution in [2.24, 2.45) is 0 Å². The highest BCUT2D eigenvalue weighted by Gasteiger charge is 2.27. The van der Waals surface area contributed by atoms with Gasteiger partial charge >= 0.3 is 6.18 Å². The summed E-state index contributed by atoms with van der Waals surface area (Å²) in [6, 6.07) is 4.88. The predicted molar refractivity (Wildman–Crippen MR) is 67.6 cm³/mol. The van der Waals surface area contributed by atoms with Crippen LogP contribution in [0.4, 0.5) is 13.2 Å². The molecular formula is C13H14F3NO3. The standard InChI is InChI=1S/C13H14F3NO3/c1-19-10-5-3-9(7-11(10)20-2)4-6-12(18)17-8-13(14,15)16/h3-7H,8H2,1-2H3,(H,17,18)/b6-4+. The molecule has 0 aliphatic carbocycles. The number of hydrogen-bond acceptors (Lipinski definition) is 3. The van der Waals surface area contributed by atoms with E-state index in [1.54, 1.807) is 23.5 Å². The number of nitrogens with one attached hydrogen (secondary N) is 1. The van der Waals surface area contributed by atoms with Crippen molar-refractivity contribution < 1.29 is 27.4 Å². The molecule has 4 nitrogen and oxygen atoms in total. The van der Waals surface area contributed by atoms with Gasteiger partial charge in [-0.2, -0.15) is 13.2 Å². The minimum absolute atomic E-state index is 0.463. The lowest BCUT2D eigenvalue weighted by atomic mass is 10.2. The van der Waals surface area contributed by atoms with Crippen LogP contribution in [0.5, 0.6) is 11.5 Å². The minimum Gasteiger partial charge on any atom is -0.493 e. The number of benzene rings is 1. The molecule has 1 amide bonds. The second-order valence-electron chi connectivity index (χ2n) is 3.78. The van der Waals surface area contributed by atoms with Crippen molar-refractivity contribution in [3.8, 4) is 11.5 Å². The molecule has 20 heavy (non-hydrogen) atoms. The van der Waals surface area contributed by atoms with Gasteiger partial charge in [0.1, 0.15) is 6.54 Å². The Morgan fingerprint density at radius 1 is 1.25 bits per heavy atom. The monoisotopic (exact) mass is 289 g/mol. The van der Waals surface area contributed by atoms with Gasteiger partial charge in [-0.3, -0.25) is 4.79 Å². The van der Waals surface area contributed by atoms with Gasteiger partial charge in [0, 0.05) is 6.08 Å². The molecule has 0 radical (unpaired) electrons. The van der Waals surface area contributed by atoms with E-state index in [4.69, 9.17) is 9.47 Å². The molecule has 0 bridgehead atoms. The Bertz CT molecular complexity index is 498. The van der Waals surface area contributed by atoms with Crippen LogP contribution in [0.2, 0.25) is 0 Å². The number of carbonyl (C=O) groups excluding carboxylic acids is 1. The first kappa shape index (κ1) is 15.9. The van der Waals surface area contributed by atoms with Gasteiger partial charge in [-0.25, -0.2) is 0 Å². The van der Waals surface area contributed by atoms with Crippen LogP contribution in [0.25, 0.3) is 6.08 Å². The molecule has 1 N–H and O–H groups in total. The Kier molecular flexibility index (Phi) is 5.42. The first-order valence-corrected chi connectivity index (χ1v) is 5.60. The van der Waals surface area contributed by atoms with E-state index < -0.39 is 18.6 Å². The van der Waals surface area contributed by atoms with Crippen molar-refractivity contribution in [3.05, 3.63) is 29.8 Å². The molecule has 1 aromatic carbocycles. The lowest BCUT2D eigenvalue weighted by Crippen LogP contribution is -2.32. The van der Waals surface area contributed by atoms with Gasteiger partial charge in [0.25, 0.3) is 0 Å². The van der Waals surface area contributed by atoms with Gasteiger partial charge < -0.3 is 14.8 Å². The smallest absolute Gasteiger partial charge is 0.405 e. The average Bonchev–Trinajstić information content (AvgIpc) is 2.41. The molecule has 0 atom stereocenters. The fraction of sp³-hybridized carbons (Fsp3) is 0.308. The zero-order valence-electron chi connectivity index (χ0n) is 11.0. The van der Waals surface area contributed by atoms with Crippen molar-refractivity contribution in [2.75, 3.05) is 20.8 Å². The first-order valence-electron chi connectivity index (χ1n) is 5.60. The maximum absolute atomic E-state index is 11.9. The van der Waals surface area contributed by atoms with Crippen LogP contribution in [-0.2, 0) is 4.79 Å². The maximum Gasteiger partial charge on any atom is 0.405 e. The number of ether oxygens (including phenoxy) is 2. The topological polar surface area (TPSA) is 47.6 Å². The molecule has 0 aliphatic rings. The Hall–Kier alpha value is -2.18. The Morgan fingerprint density at radius 3 is 2.45 bits per heavy atom. The van der Waals surface area contributed by atoms with Crippen LogP contribution in [0.15, 0.2) is 24.3 Å². The highest BCUT2D eigenvalue weighted by Crippen LogP contribution is 2.27. The molecule has 1 aromatic rings. The molecule has 1 rings (SSSR count). The summed E-state index contributed by atoms with van der Waals surface area (Å²) in [6.45, 7) is -1.36. The number of alkyl halides is 3. The van der Waals surface area contributed by atoms with Crippen molar-refractivity contribution >= 4 is 12.0 Å². The van der Waals surface area contributed by atoms with Crippen molar-refractivity contribution in [3.63, 3.8) is 0 Å². The van der Waals surface area contributed by atoms with Crippen molar-refractivity contribution in [2.45, 2.75) is 6.18 Å². The average molecular weight is 289 g/mol. The summed E-state index contributed by atoms with van der Waals surface area (Å²) in [5.41, 5.74) is 0.602.